The molecule has 0 atom stereocenters. The highest BCUT2D eigenvalue weighted by molar-refractivity contribution is 6.30. The number of carbonyl (C=O) groups is 1. The third-order valence-corrected chi connectivity index (χ3v) is 5.49. The number of hydrazone groups is 1. The van der Waals surface area contributed by atoms with Gasteiger partial charge in [-0.25, -0.2) is 5.43 Å². The Labute approximate surface area is 193 Å². The van der Waals surface area contributed by atoms with Gasteiger partial charge in [0, 0.05) is 43.3 Å². The Morgan fingerprint density at radius 3 is 2.16 bits per heavy atom. The van der Waals surface area contributed by atoms with E-state index in [1.807, 2.05) is 24.3 Å². The molecule has 2 aromatic rings. The summed E-state index contributed by atoms with van der Waals surface area (Å²) in [6, 6.07) is 11.4. The SMILES string of the molecule is COc1cc(C=NNC(=O)CN2CCN(Cc3ccc(Cl)cc3)CC2)cc(OC)c1OC. The van der Waals surface area contributed by atoms with Crippen molar-refractivity contribution >= 4 is 23.7 Å². The van der Waals surface area contributed by atoms with Crippen LogP contribution in [0.25, 0.3) is 0 Å². The number of halogens is 1. The van der Waals surface area contributed by atoms with Crippen LogP contribution >= 0.6 is 11.6 Å². The number of rotatable bonds is 9. The number of piperazine rings is 1. The van der Waals surface area contributed by atoms with Gasteiger partial charge in [-0.3, -0.25) is 14.6 Å². The van der Waals surface area contributed by atoms with Crippen molar-refractivity contribution in [3.63, 3.8) is 0 Å². The Morgan fingerprint density at radius 2 is 1.59 bits per heavy atom. The molecule has 0 unspecified atom stereocenters. The monoisotopic (exact) mass is 460 g/mol. The number of amides is 1. The molecule has 2 aromatic carbocycles. The Kier molecular flexibility index (Phi) is 8.72. The standard InChI is InChI=1S/C23H29ClN4O4/c1-30-20-12-18(13-21(31-2)23(20)32-3)14-25-26-22(29)16-28-10-8-27(9-11-28)15-17-4-6-19(24)7-5-17/h4-7,12-14H,8-11,15-16H2,1-3H3,(H,26,29). The molecule has 1 fully saturated rings. The molecule has 9 heteroatoms. The van der Waals surface area contributed by atoms with E-state index in [1.165, 1.54) is 5.56 Å². The number of nitrogens with zero attached hydrogens (tertiary/aromatic N) is 3. The molecule has 8 nitrogen and oxygen atoms in total. The van der Waals surface area contributed by atoms with Crippen LogP contribution in [0, 0.1) is 0 Å². The maximum Gasteiger partial charge on any atom is 0.254 e. The van der Waals surface area contributed by atoms with E-state index >= 15 is 0 Å². The van der Waals surface area contributed by atoms with E-state index in [4.69, 9.17) is 25.8 Å². The first-order valence-electron chi connectivity index (χ1n) is 10.3. The fourth-order valence-electron chi connectivity index (χ4n) is 3.55. The maximum atomic E-state index is 12.3. The zero-order chi connectivity index (χ0) is 22.9. The topological polar surface area (TPSA) is 75.6 Å². The van der Waals surface area contributed by atoms with Gasteiger partial charge in [-0.2, -0.15) is 5.10 Å². The van der Waals surface area contributed by atoms with Crippen molar-refractivity contribution < 1.29 is 19.0 Å². The molecule has 1 aliphatic rings. The lowest BCUT2D eigenvalue weighted by molar-refractivity contribution is -0.122. The predicted octanol–water partition coefficient (Wildman–Crippen LogP) is 2.63. The number of hydrogen-bond acceptors (Lipinski definition) is 7. The van der Waals surface area contributed by atoms with Gasteiger partial charge in [-0.05, 0) is 29.8 Å². The van der Waals surface area contributed by atoms with Gasteiger partial charge in [0.05, 0.1) is 34.1 Å². The van der Waals surface area contributed by atoms with Crippen LogP contribution in [0.4, 0.5) is 0 Å². The lowest BCUT2D eigenvalue weighted by atomic mass is 10.2. The predicted molar refractivity (Wildman–Crippen MR) is 125 cm³/mol. The Bertz CT molecular complexity index is 903. The molecule has 0 aliphatic carbocycles. The van der Waals surface area contributed by atoms with Crippen molar-refractivity contribution in [2.45, 2.75) is 6.54 Å². The second kappa shape index (κ2) is 11.7. The maximum absolute atomic E-state index is 12.3. The van der Waals surface area contributed by atoms with Crippen LogP contribution in [-0.4, -0.2) is 76.0 Å². The molecule has 0 saturated carbocycles. The molecule has 1 heterocycles. The van der Waals surface area contributed by atoms with Crippen LogP contribution in [0.15, 0.2) is 41.5 Å². The van der Waals surface area contributed by atoms with E-state index < -0.39 is 0 Å². The van der Waals surface area contributed by atoms with Crippen LogP contribution in [0.1, 0.15) is 11.1 Å². The minimum atomic E-state index is -0.153. The van der Waals surface area contributed by atoms with Gasteiger partial charge in [0.1, 0.15) is 0 Å². The molecule has 32 heavy (non-hydrogen) atoms. The lowest BCUT2D eigenvalue weighted by Gasteiger charge is -2.34. The molecule has 1 saturated heterocycles. The van der Waals surface area contributed by atoms with Gasteiger partial charge in [-0.1, -0.05) is 23.7 Å². The second-order valence-electron chi connectivity index (χ2n) is 7.43. The third-order valence-electron chi connectivity index (χ3n) is 5.24. The highest BCUT2D eigenvalue weighted by Gasteiger charge is 2.19. The highest BCUT2D eigenvalue weighted by atomic mass is 35.5. The first kappa shape index (κ1) is 23.8. The molecule has 0 radical (unpaired) electrons. The summed E-state index contributed by atoms with van der Waals surface area (Å²) < 4.78 is 16.0. The first-order chi connectivity index (χ1) is 15.5. The van der Waals surface area contributed by atoms with E-state index in [9.17, 15) is 4.79 Å². The molecule has 3 rings (SSSR count). The molecular weight excluding hydrogens is 432 g/mol. The van der Waals surface area contributed by atoms with Gasteiger partial charge in [-0.15, -0.1) is 0 Å². The van der Waals surface area contributed by atoms with Gasteiger partial charge in [0.15, 0.2) is 11.5 Å². The number of hydrogen-bond donors (Lipinski definition) is 1. The van der Waals surface area contributed by atoms with E-state index in [0.29, 0.717) is 23.8 Å². The smallest absolute Gasteiger partial charge is 0.254 e. The fourth-order valence-corrected chi connectivity index (χ4v) is 3.67. The number of nitrogens with one attached hydrogen (secondary N) is 1. The van der Waals surface area contributed by atoms with E-state index in [0.717, 1.165) is 43.3 Å². The van der Waals surface area contributed by atoms with Crippen molar-refractivity contribution in [2.75, 3.05) is 54.1 Å². The molecule has 0 aromatic heterocycles. The van der Waals surface area contributed by atoms with Crippen LogP contribution in [-0.2, 0) is 11.3 Å². The van der Waals surface area contributed by atoms with Crippen molar-refractivity contribution in [1.82, 2.24) is 15.2 Å². The van der Waals surface area contributed by atoms with Crippen LogP contribution in [0.3, 0.4) is 0 Å². The zero-order valence-corrected chi connectivity index (χ0v) is 19.4. The molecule has 1 N–H and O–H groups in total. The minimum absolute atomic E-state index is 0.153. The normalized spacial score (nSPS) is 15.0. The van der Waals surface area contributed by atoms with E-state index in [2.05, 4.69) is 20.3 Å². The number of methoxy groups -OCH3 is 3. The zero-order valence-electron chi connectivity index (χ0n) is 18.6. The van der Waals surface area contributed by atoms with E-state index in [1.54, 1.807) is 39.7 Å². The Balaban J connectivity index is 1.45. The van der Waals surface area contributed by atoms with Crippen molar-refractivity contribution in [3.8, 4) is 17.2 Å². The highest BCUT2D eigenvalue weighted by Crippen LogP contribution is 2.37. The van der Waals surface area contributed by atoms with Crippen molar-refractivity contribution in [1.29, 1.82) is 0 Å². The number of ether oxygens (including phenoxy) is 3. The molecule has 172 valence electrons. The van der Waals surface area contributed by atoms with Crippen LogP contribution in [0.2, 0.25) is 5.02 Å². The Morgan fingerprint density at radius 1 is 1.00 bits per heavy atom. The van der Waals surface area contributed by atoms with Gasteiger partial charge in [0.2, 0.25) is 5.75 Å². The van der Waals surface area contributed by atoms with Gasteiger partial charge in [0.25, 0.3) is 5.91 Å². The largest absolute Gasteiger partial charge is 0.493 e. The Hall–Kier alpha value is -2.81. The molecular formula is C23H29ClN4O4. The minimum Gasteiger partial charge on any atom is -0.493 e. The van der Waals surface area contributed by atoms with E-state index in [-0.39, 0.29) is 5.91 Å². The summed E-state index contributed by atoms with van der Waals surface area (Å²) in [6.45, 7) is 4.67. The molecule has 1 amide bonds. The summed E-state index contributed by atoms with van der Waals surface area (Å²) in [7, 11) is 4.65. The molecule has 0 bridgehead atoms. The summed E-state index contributed by atoms with van der Waals surface area (Å²) in [6.07, 6.45) is 1.55. The van der Waals surface area contributed by atoms with Crippen LogP contribution < -0.4 is 19.6 Å². The summed E-state index contributed by atoms with van der Waals surface area (Å²) in [4.78, 5) is 16.8. The average molecular weight is 461 g/mol. The summed E-state index contributed by atoms with van der Waals surface area (Å²) >= 11 is 5.95. The lowest BCUT2D eigenvalue weighted by Crippen LogP contribution is -2.48. The first-order valence-corrected chi connectivity index (χ1v) is 10.7. The fraction of sp³-hybridized carbons (Fsp3) is 0.391. The summed E-state index contributed by atoms with van der Waals surface area (Å²) in [5.41, 5.74) is 4.54. The third kappa shape index (κ3) is 6.59. The molecule has 1 aliphatic heterocycles. The summed E-state index contributed by atoms with van der Waals surface area (Å²) in [5, 5.41) is 4.81. The van der Waals surface area contributed by atoms with Gasteiger partial charge < -0.3 is 14.2 Å². The molecule has 0 spiro atoms. The number of benzene rings is 2. The number of carbonyl (C=O) groups excluding carboxylic acids is 1. The summed E-state index contributed by atoms with van der Waals surface area (Å²) in [5.74, 6) is 1.40. The quantitative estimate of drug-likeness (QED) is 0.458. The van der Waals surface area contributed by atoms with Crippen LogP contribution in [0.5, 0.6) is 17.2 Å². The average Bonchev–Trinajstić information content (AvgIpc) is 2.81. The van der Waals surface area contributed by atoms with Gasteiger partial charge >= 0.3 is 0 Å². The second-order valence-corrected chi connectivity index (χ2v) is 7.87. The van der Waals surface area contributed by atoms with Crippen molar-refractivity contribution in [2.24, 2.45) is 5.10 Å². The van der Waals surface area contributed by atoms with Crippen molar-refractivity contribution in [3.05, 3.63) is 52.5 Å².